The molecule has 1 unspecified atom stereocenters. The van der Waals surface area contributed by atoms with Crippen molar-refractivity contribution < 1.29 is 4.74 Å². The minimum Gasteiger partial charge on any atom is -0.380 e. The van der Waals surface area contributed by atoms with Crippen molar-refractivity contribution in [1.82, 2.24) is 4.90 Å². The number of hydrogen-bond acceptors (Lipinski definition) is 3. The van der Waals surface area contributed by atoms with Crippen molar-refractivity contribution in [3.05, 3.63) is 0 Å². The van der Waals surface area contributed by atoms with Gasteiger partial charge in [-0.05, 0) is 30.6 Å². The van der Waals surface area contributed by atoms with Crippen LogP contribution in [0.4, 0.5) is 0 Å². The predicted octanol–water partition coefficient (Wildman–Crippen LogP) is 2.05. The van der Waals surface area contributed by atoms with E-state index in [1.165, 1.54) is 19.4 Å². The first kappa shape index (κ1) is 12.3. The average molecular weight is 217 g/mol. The molecule has 1 fully saturated rings. The molecule has 1 aliphatic rings. The maximum atomic E-state index is 5.41. The van der Waals surface area contributed by atoms with Gasteiger partial charge in [-0.3, -0.25) is 0 Å². The zero-order valence-corrected chi connectivity index (χ0v) is 10.5. The number of nitrogens with zero attached hydrogens (tertiary/aromatic N) is 1. The summed E-state index contributed by atoms with van der Waals surface area (Å²) in [6.45, 7) is 7.99. The molecule has 1 aliphatic heterocycles. The van der Waals surface area contributed by atoms with E-state index in [9.17, 15) is 0 Å². The van der Waals surface area contributed by atoms with E-state index in [-0.39, 0.29) is 0 Å². The lowest BCUT2D eigenvalue weighted by atomic mass is 9.94. The van der Waals surface area contributed by atoms with Crippen molar-refractivity contribution in [3.63, 3.8) is 0 Å². The van der Waals surface area contributed by atoms with Crippen molar-refractivity contribution in [1.29, 1.82) is 0 Å². The van der Waals surface area contributed by atoms with Crippen molar-refractivity contribution in [2.24, 2.45) is 5.41 Å². The van der Waals surface area contributed by atoms with Crippen LogP contribution in [0.2, 0.25) is 0 Å². The Morgan fingerprint density at radius 1 is 1.50 bits per heavy atom. The fourth-order valence-electron chi connectivity index (χ4n) is 2.00. The maximum absolute atomic E-state index is 5.41. The van der Waals surface area contributed by atoms with E-state index in [0.717, 1.165) is 18.8 Å². The minimum atomic E-state index is 0.318. The Kier molecular flexibility index (Phi) is 4.74. The Morgan fingerprint density at radius 3 is 2.79 bits per heavy atom. The number of ether oxygens (including phenoxy) is 1. The molecule has 0 aromatic carbocycles. The third kappa shape index (κ3) is 3.79. The second kappa shape index (κ2) is 5.38. The molecule has 2 nitrogen and oxygen atoms in total. The highest BCUT2D eigenvalue weighted by atomic mass is 32.1. The lowest BCUT2D eigenvalue weighted by Crippen LogP contribution is -2.44. The average Bonchev–Trinajstić information content (AvgIpc) is 2.17. The molecule has 0 radical (unpaired) electrons. The van der Waals surface area contributed by atoms with E-state index in [1.54, 1.807) is 0 Å². The van der Waals surface area contributed by atoms with Crippen LogP contribution in [-0.4, -0.2) is 43.5 Å². The smallest absolute Gasteiger partial charge is 0.0698 e. The van der Waals surface area contributed by atoms with Crippen LogP contribution in [0.5, 0.6) is 0 Å². The Balaban J connectivity index is 2.37. The second-order valence-electron chi connectivity index (χ2n) is 5.06. The molecule has 0 aliphatic carbocycles. The Hall–Kier alpha value is 0.270. The summed E-state index contributed by atoms with van der Waals surface area (Å²) in [4.78, 5) is 2.51. The third-order valence-corrected chi connectivity index (χ3v) is 3.73. The van der Waals surface area contributed by atoms with Gasteiger partial charge in [-0.2, -0.15) is 12.6 Å². The number of hydrogen-bond donors (Lipinski definition) is 1. The first-order valence-corrected chi connectivity index (χ1v) is 6.06. The monoisotopic (exact) mass is 217 g/mol. The van der Waals surface area contributed by atoms with Gasteiger partial charge < -0.3 is 9.64 Å². The van der Waals surface area contributed by atoms with Crippen LogP contribution in [0.3, 0.4) is 0 Å². The highest BCUT2D eigenvalue weighted by Crippen LogP contribution is 2.21. The van der Waals surface area contributed by atoms with Gasteiger partial charge in [0, 0.05) is 20.2 Å². The fourth-order valence-corrected chi connectivity index (χ4v) is 2.10. The standard InChI is InChI=1S/C11H23NOS/c1-11(2,9-14)8-12-6-4-5-10(7-12)13-3/h10,14H,4-9H2,1-3H3. The van der Waals surface area contributed by atoms with Crippen LogP contribution in [0, 0.1) is 5.41 Å². The highest BCUT2D eigenvalue weighted by molar-refractivity contribution is 7.80. The third-order valence-electron chi connectivity index (χ3n) is 2.88. The van der Waals surface area contributed by atoms with Crippen LogP contribution in [0.1, 0.15) is 26.7 Å². The van der Waals surface area contributed by atoms with Crippen LogP contribution < -0.4 is 0 Å². The van der Waals surface area contributed by atoms with Crippen molar-refractivity contribution in [2.75, 3.05) is 32.5 Å². The second-order valence-corrected chi connectivity index (χ2v) is 5.37. The van der Waals surface area contributed by atoms with Crippen LogP contribution >= 0.6 is 12.6 Å². The van der Waals surface area contributed by atoms with Gasteiger partial charge >= 0.3 is 0 Å². The number of piperidine rings is 1. The van der Waals surface area contributed by atoms with Gasteiger partial charge in [-0.15, -0.1) is 0 Å². The van der Waals surface area contributed by atoms with E-state index in [2.05, 4.69) is 31.4 Å². The first-order chi connectivity index (χ1) is 6.57. The number of thiol groups is 1. The van der Waals surface area contributed by atoms with Gasteiger partial charge in [0.2, 0.25) is 0 Å². The molecule has 1 heterocycles. The topological polar surface area (TPSA) is 12.5 Å². The summed E-state index contributed by atoms with van der Waals surface area (Å²) >= 11 is 4.39. The summed E-state index contributed by atoms with van der Waals surface area (Å²) in [5.74, 6) is 0.946. The molecule has 3 heteroatoms. The molecule has 0 spiro atoms. The summed E-state index contributed by atoms with van der Waals surface area (Å²) in [5, 5.41) is 0. The molecule has 84 valence electrons. The zero-order valence-electron chi connectivity index (χ0n) is 9.62. The molecule has 1 saturated heterocycles. The maximum Gasteiger partial charge on any atom is 0.0698 e. The van der Waals surface area contributed by atoms with Gasteiger partial charge in [0.05, 0.1) is 6.10 Å². The van der Waals surface area contributed by atoms with Crippen molar-refractivity contribution in [2.45, 2.75) is 32.8 Å². The van der Waals surface area contributed by atoms with Crippen LogP contribution in [0.25, 0.3) is 0 Å². The summed E-state index contributed by atoms with van der Waals surface area (Å²) in [7, 11) is 1.82. The van der Waals surface area contributed by atoms with Gasteiger partial charge in [0.15, 0.2) is 0 Å². The highest BCUT2D eigenvalue weighted by Gasteiger charge is 2.25. The summed E-state index contributed by atoms with van der Waals surface area (Å²) in [6, 6.07) is 0. The summed E-state index contributed by atoms with van der Waals surface area (Å²) in [6.07, 6.45) is 2.93. The molecular weight excluding hydrogens is 194 g/mol. The number of likely N-dealkylation sites (tertiary alicyclic amines) is 1. The molecule has 0 bridgehead atoms. The molecule has 14 heavy (non-hydrogen) atoms. The van der Waals surface area contributed by atoms with Crippen molar-refractivity contribution in [3.8, 4) is 0 Å². The van der Waals surface area contributed by atoms with Gasteiger partial charge in [-0.1, -0.05) is 13.8 Å². The summed E-state index contributed by atoms with van der Waals surface area (Å²) < 4.78 is 5.41. The van der Waals surface area contributed by atoms with Crippen molar-refractivity contribution >= 4 is 12.6 Å². The lowest BCUT2D eigenvalue weighted by Gasteiger charge is -2.36. The van der Waals surface area contributed by atoms with E-state index in [1.807, 2.05) is 7.11 Å². The Bertz CT molecular complexity index is 173. The van der Waals surface area contributed by atoms with Gasteiger partial charge in [-0.25, -0.2) is 0 Å². The molecule has 1 atom stereocenters. The quantitative estimate of drug-likeness (QED) is 0.724. The van der Waals surface area contributed by atoms with Gasteiger partial charge in [0.25, 0.3) is 0 Å². The normalized spacial score (nSPS) is 25.3. The minimum absolute atomic E-state index is 0.318. The largest absolute Gasteiger partial charge is 0.380 e. The predicted molar refractivity (Wildman–Crippen MR) is 64.1 cm³/mol. The molecule has 0 aromatic rings. The van der Waals surface area contributed by atoms with E-state index < -0.39 is 0 Å². The molecular formula is C11H23NOS. The number of rotatable bonds is 4. The van der Waals surface area contributed by atoms with Crippen LogP contribution in [0.15, 0.2) is 0 Å². The molecule has 1 rings (SSSR count). The lowest BCUT2D eigenvalue weighted by molar-refractivity contribution is 0.0208. The molecule has 0 N–H and O–H groups in total. The van der Waals surface area contributed by atoms with Crippen LogP contribution in [-0.2, 0) is 4.74 Å². The van der Waals surface area contributed by atoms with E-state index >= 15 is 0 Å². The van der Waals surface area contributed by atoms with Gasteiger partial charge in [0.1, 0.15) is 0 Å². The number of methoxy groups -OCH3 is 1. The van der Waals surface area contributed by atoms with E-state index in [0.29, 0.717) is 11.5 Å². The summed E-state index contributed by atoms with van der Waals surface area (Å²) in [5.41, 5.74) is 0.318. The zero-order chi connectivity index (χ0) is 10.6. The Labute approximate surface area is 93.4 Å². The molecule has 0 amide bonds. The SMILES string of the molecule is COC1CCCN(CC(C)(C)CS)C1. The first-order valence-electron chi connectivity index (χ1n) is 5.43. The van der Waals surface area contributed by atoms with E-state index in [4.69, 9.17) is 4.74 Å². The fraction of sp³-hybridized carbons (Fsp3) is 1.00. The molecule has 0 saturated carbocycles. The molecule has 0 aromatic heterocycles. The Morgan fingerprint density at radius 2 is 2.21 bits per heavy atom.